The molecular weight excluding hydrogens is 272 g/mol. The van der Waals surface area contributed by atoms with Crippen molar-refractivity contribution in [3.05, 3.63) is 36.5 Å². The molecule has 2 aromatic heterocycles. The molecule has 3 rings (SSSR count). The fraction of sp³-hybridized carbons (Fsp3) is 0.0714. The third-order valence-corrected chi connectivity index (χ3v) is 2.91. The van der Waals surface area contributed by atoms with Crippen LogP contribution in [0.2, 0.25) is 0 Å². The van der Waals surface area contributed by atoms with Crippen molar-refractivity contribution in [2.75, 3.05) is 12.8 Å². The van der Waals surface area contributed by atoms with Crippen LogP contribution >= 0.6 is 0 Å². The molecule has 21 heavy (non-hydrogen) atoms. The number of ether oxygens (including phenoxy) is 1. The van der Waals surface area contributed by atoms with Gasteiger partial charge in [0, 0.05) is 11.8 Å². The van der Waals surface area contributed by atoms with Gasteiger partial charge < -0.3 is 20.1 Å². The van der Waals surface area contributed by atoms with Gasteiger partial charge in [0.1, 0.15) is 0 Å². The quantitative estimate of drug-likeness (QED) is 0.758. The topological polar surface area (TPSA) is 107 Å². The first-order chi connectivity index (χ1) is 10.2. The van der Waals surface area contributed by atoms with Crippen LogP contribution in [0, 0.1) is 0 Å². The molecule has 0 fully saturated rings. The van der Waals surface area contributed by atoms with E-state index >= 15 is 0 Å². The number of aromatic hydroxyl groups is 1. The maximum Gasteiger partial charge on any atom is 0.278 e. The number of hydrogen-bond donors (Lipinski definition) is 2. The zero-order valence-electron chi connectivity index (χ0n) is 11.1. The number of anilines is 1. The molecule has 2 heterocycles. The van der Waals surface area contributed by atoms with Crippen molar-refractivity contribution in [1.29, 1.82) is 0 Å². The molecule has 0 spiro atoms. The van der Waals surface area contributed by atoms with E-state index in [-0.39, 0.29) is 11.6 Å². The predicted molar refractivity (Wildman–Crippen MR) is 75.6 cm³/mol. The molecule has 0 aliphatic heterocycles. The third-order valence-electron chi connectivity index (χ3n) is 2.91. The SMILES string of the molecule is COc1cc(-c2noc(-c3ncccc3N)n2)ccc1O. The maximum atomic E-state index is 9.59. The molecule has 7 nitrogen and oxygen atoms in total. The Hall–Kier alpha value is -3.09. The minimum Gasteiger partial charge on any atom is -0.504 e. The molecule has 3 aromatic rings. The first-order valence-electron chi connectivity index (χ1n) is 6.11. The number of aromatic nitrogens is 3. The van der Waals surface area contributed by atoms with Gasteiger partial charge in [0.25, 0.3) is 5.89 Å². The van der Waals surface area contributed by atoms with Crippen LogP contribution in [0.5, 0.6) is 11.5 Å². The largest absolute Gasteiger partial charge is 0.504 e. The zero-order chi connectivity index (χ0) is 14.8. The van der Waals surface area contributed by atoms with E-state index in [0.29, 0.717) is 28.5 Å². The molecule has 1 aromatic carbocycles. The molecular formula is C14H12N4O3. The van der Waals surface area contributed by atoms with Crippen molar-refractivity contribution < 1.29 is 14.4 Å². The van der Waals surface area contributed by atoms with E-state index < -0.39 is 0 Å². The van der Waals surface area contributed by atoms with Crippen LogP contribution in [0.3, 0.4) is 0 Å². The van der Waals surface area contributed by atoms with Crippen molar-refractivity contribution >= 4 is 5.69 Å². The van der Waals surface area contributed by atoms with Gasteiger partial charge in [0.2, 0.25) is 5.82 Å². The first-order valence-corrected chi connectivity index (χ1v) is 6.11. The average molecular weight is 284 g/mol. The van der Waals surface area contributed by atoms with Crippen molar-refractivity contribution in [3.63, 3.8) is 0 Å². The van der Waals surface area contributed by atoms with Crippen LogP contribution in [-0.2, 0) is 0 Å². The first kappa shape index (κ1) is 12.9. The Balaban J connectivity index is 2.01. The summed E-state index contributed by atoms with van der Waals surface area (Å²) in [5, 5.41) is 13.5. The molecule has 0 aliphatic rings. The van der Waals surface area contributed by atoms with E-state index in [1.165, 1.54) is 13.2 Å². The lowest BCUT2D eigenvalue weighted by atomic mass is 10.2. The Bertz CT molecular complexity index is 785. The summed E-state index contributed by atoms with van der Waals surface area (Å²) in [5.74, 6) is 0.957. The maximum absolute atomic E-state index is 9.59. The molecule has 0 bridgehead atoms. The minimum atomic E-state index is 0.0407. The van der Waals surface area contributed by atoms with E-state index in [2.05, 4.69) is 15.1 Å². The van der Waals surface area contributed by atoms with Crippen LogP contribution in [0.25, 0.3) is 23.0 Å². The van der Waals surface area contributed by atoms with Crippen LogP contribution in [0.1, 0.15) is 0 Å². The van der Waals surface area contributed by atoms with Gasteiger partial charge in [-0.3, -0.25) is 0 Å². The Morgan fingerprint density at radius 2 is 2.14 bits per heavy atom. The van der Waals surface area contributed by atoms with Gasteiger partial charge in [-0.05, 0) is 30.3 Å². The monoisotopic (exact) mass is 284 g/mol. The van der Waals surface area contributed by atoms with Crippen LogP contribution in [-0.4, -0.2) is 27.3 Å². The molecule has 0 atom stereocenters. The van der Waals surface area contributed by atoms with Crippen molar-refractivity contribution in [1.82, 2.24) is 15.1 Å². The predicted octanol–water partition coefficient (Wildman–Crippen LogP) is 2.10. The standard InChI is InChI=1S/C14H12N4O3/c1-20-11-7-8(4-5-10(11)19)13-17-14(21-18-13)12-9(15)3-2-6-16-12/h2-7,19H,15H2,1H3. The summed E-state index contributed by atoms with van der Waals surface area (Å²) in [5.41, 5.74) is 7.36. The van der Waals surface area contributed by atoms with Crippen molar-refractivity contribution in [2.45, 2.75) is 0 Å². The fourth-order valence-corrected chi connectivity index (χ4v) is 1.85. The van der Waals surface area contributed by atoms with E-state index in [4.69, 9.17) is 15.0 Å². The van der Waals surface area contributed by atoms with Gasteiger partial charge in [0.15, 0.2) is 17.2 Å². The van der Waals surface area contributed by atoms with Gasteiger partial charge in [-0.2, -0.15) is 4.98 Å². The summed E-state index contributed by atoms with van der Waals surface area (Å²) in [6.07, 6.45) is 1.60. The lowest BCUT2D eigenvalue weighted by molar-refractivity contribution is 0.373. The number of phenols is 1. The second kappa shape index (κ2) is 5.12. The number of rotatable bonds is 3. The summed E-state index contributed by atoms with van der Waals surface area (Å²) >= 11 is 0. The van der Waals surface area contributed by atoms with Gasteiger partial charge in [0.05, 0.1) is 12.8 Å². The van der Waals surface area contributed by atoms with E-state index in [1.807, 2.05) is 0 Å². The molecule has 0 saturated heterocycles. The molecule has 3 N–H and O–H groups in total. The van der Waals surface area contributed by atoms with Crippen LogP contribution < -0.4 is 10.5 Å². The van der Waals surface area contributed by atoms with Gasteiger partial charge in [-0.25, -0.2) is 4.98 Å². The number of nitrogen functional groups attached to an aromatic ring is 1. The van der Waals surface area contributed by atoms with Gasteiger partial charge >= 0.3 is 0 Å². The number of hydrogen-bond acceptors (Lipinski definition) is 7. The molecule has 106 valence electrons. The second-order valence-electron chi connectivity index (χ2n) is 4.25. The number of nitrogens with two attached hydrogens (primary N) is 1. The number of nitrogens with zero attached hydrogens (tertiary/aromatic N) is 3. The smallest absolute Gasteiger partial charge is 0.278 e. The van der Waals surface area contributed by atoms with Crippen LogP contribution in [0.4, 0.5) is 5.69 Å². The molecule has 0 unspecified atom stereocenters. The Morgan fingerprint density at radius 1 is 1.29 bits per heavy atom. The fourth-order valence-electron chi connectivity index (χ4n) is 1.85. The third kappa shape index (κ3) is 2.36. The highest BCUT2D eigenvalue weighted by Gasteiger charge is 2.15. The summed E-state index contributed by atoms with van der Waals surface area (Å²) in [6, 6.07) is 8.20. The molecule has 0 amide bonds. The average Bonchev–Trinajstić information content (AvgIpc) is 2.98. The van der Waals surface area contributed by atoms with Crippen LogP contribution in [0.15, 0.2) is 41.1 Å². The molecule has 0 aliphatic carbocycles. The molecule has 7 heteroatoms. The summed E-state index contributed by atoms with van der Waals surface area (Å²) in [7, 11) is 1.47. The Kier molecular flexibility index (Phi) is 3.15. The van der Waals surface area contributed by atoms with E-state index in [9.17, 15) is 5.11 Å². The molecule has 0 saturated carbocycles. The second-order valence-corrected chi connectivity index (χ2v) is 4.25. The van der Waals surface area contributed by atoms with E-state index in [1.54, 1.807) is 30.5 Å². The van der Waals surface area contributed by atoms with Gasteiger partial charge in [-0.1, -0.05) is 5.16 Å². The lowest BCUT2D eigenvalue weighted by Crippen LogP contribution is -1.92. The summed E-state index contributed by atoms with van der Waals surface area (Å²) in [4.78, 5) is 8.38. The highest BCUT2D eigenvalue weighted by Crippen LogP contribution is 2.31. The van der Waals surface area contributed by atoms with Gasteiger partial charge in [-0.15, -0.1) is 0 Å². The summed E-state index contributed by atoms with van der Waals surface area (Å²) < 4.78 is 10.2. The van der Waals surface area contributed by atoms with Crippen molar-refractivity contribution in [3.8, 4) is 34.5 Å². The minimum absolute atomic E-state index is 0.0407. The number of pyridine rings is 1. The normalized spacial score (nSPS) is 10.5. The lowest BCUT2D eigenvalue weighted by Gasteiger charge is -2.03. The highest BCUT2D eigenvalue weighted by atomic mass is 16.5. The molecule has 0 radical (unpaired) electrons. The number of benzene rings is 1. The number of phenolic OH excluding ortho intramolecular Hbond substituents is 1. The Labute approximate surface area is 120 Å². The highest BCUT2D eigenvalue weighted by molar-refractivity contribution is 5.68. The Morgan fingerprint density at radius 3 is 2.90 bits per heavy atom. The number of methoxy groups -OCH3 is 1. The van der Waals surface area contributed by atoms with E-state index in [0.717, 1.165) is 0 Å². The summed E-state index contributed by atoms with van der Waals surface area (Å²) in [6.45, 7) is 0. The van der Waals surface area contributed by atoms with Crippen molar-refractivity contribution in [2.24, 2.45) is 0 Å². The zero-order valence-corrected chi connectivity index (χ0v) is 11.1.